The maximum absolute atomic E-state index is 12.1. The largest absolute Gasteiger partial charge is 0.379 e. The average Bonchev–Trinajstić information content (AvgIpc) is 2.55. The fourth-order valence-corrected chi connectivity index (χ4v) is 2.34. The van der Waals surface area contributed by atoms with Gasteiger partial charge in [-0.25, -0.2) is 9.97 Å². The summed E-state index contributed by atoms with van der Waals surface area (Å²) in [6, 6.07) is 5.56. The van der Waals surface area contributed by atoms with Crippen LogP contribution in [0, 0.1) is 0 Å². The van der Waals surface area contributed by atoms with Crippen LogP contribution in [0.4, 0.5) is 0 Å². The molecule has 2 aromatic rings. The van der Waals surface area contributed by atoms with Crippen molar-refractivity contribution >= 4 is 16.9 Å². The van der Waals surface area contributed by atoms with Crippen molar-refractivity contribution in [3.05, 3.63) is 36.2 Å². The van der Waals surface area contributed by atoms with Crippen molar-refractivity contribution in [1.82, 2.24) is 20.2 Å². The molecule has 0 atom stereocenters. The molecule has 1 saturated heterocycles. The predicted molar refractivity (Wildman–Crippen MR) is 79.1 cm³/mol. The molecule has 0 aromatic carbocycles. The molecule has 6 heteroatoms. The Bertz CT molecular complexity index is 626. The Balaban J connectivity index is 1.56. The zero-order valence-electron chi connectivity index (χ0n) is 11.8. The van der Waals surface area contributed by atoms with Gasteiger partial charge in [0, 0.05) is 44.0 Å². The number of aromatic nitrogens is 2. The Kier molecular flexibility index (Phi) is 4.37. The van der Waals surface area contributed by atoms with Gasteiger partial charge >= 0.3 is 0 Å². The Hall–Kier alpha value is -2.05. The third-order valence-corrected chi connectivity index (χ3v) is 3.53. The van der Waals surface area contributed by atoms with Crippen LogP contribution in [-0.2, 0) is 4.74 Å². The van der Waals surface area contributed by atoms with E-state index in [1.165, 1.54) is 0 Å². The summed E-state index contributed by atoms with van der Waals surface area (Å²) in [5, 5.41) is 3.80. The van der Waals surface area contributed by atoms with E-state index in [4.69, 9.17) is 4.74 Å². The number of rotatable bonds is 4. The molecule has 0 spiro atoms. The third-order valence-electron chi connectivity index (χ3n) is 3.53. The summed E-state index contributed by atoms with van der Waals surface area (Å²) in [4.78, 5) is 22.7. The lowest BCUT2D eigenvalue weighted by molar-refractivity contribution is 0.0383. The molecule has 1 N–H and O–H groups in total. The quantitative estimate of drug-likeness (QED) is 0.896. The van der Waals surface area contributed by atoms with Gasteiger partial charge in [-0.3, -0.25) is 9.69 Å². The minimum absolute atomic E-state index is 0.0958. The highest BCUT2D eigenvalue weighted by molar-refractivity contribution is 5.96. The molecule has 3 rings (SSSR count). The van der Waals surface area contributed by atoms with Crippen molar-refractivity contribution in [3.63, 3.8) is 0 Å². The fraction of sp³-hybridized carbons (Fsp3) is 0.400. The number of fused-ring (bicyclic) bond motifs is 1. The minimum atomic E-state index is -0.0958. The van der Waals surface area contributed by atoms with E-state index in [2.05, 4.69) is 20.2 Å². The molecule has 21 heavy (non-hydrogen) atoms. The number of nitrogens with zero attached hydrogens (tertiary/aromatic N) is 3. The summed E-state index contributed by atoms with van der Waals surface area (Å²) in [5.74, 6) is -0.0958. The van der Waals surface area contributed by atoms with Crippen molar-refractivity contribution in [3.8, 4) is 0 Å². The molecule has 1 fully saturated rings. The van der Waals surface area contributed by atoms with Crippen LogP contribution in [0.1, 0.15) is 10.4 Å². The maximum Gasteiger partial charge on any atom is 0.252 e. The second-order valence-corrected chi connectivity index (χ2v) is 4.98. The summed E-state index contributed by atoms with van der Waals surface area (Å²) >= 11 is 0. The van der Waals surface area contributed by atoms with Crippen molar-refractivity contribution < 1.29 is 9.53 Å². The molecule has 0 radical (unpaired) electrons. The van der Waals surface area contributed by atoms with Crippen molar-refractivity contribution in [2.75, 3.05) is 39.4 Å². The molecule has 0 saturated carbocycles. The van der Waals surface area contributed by atoms with Gasteiger partial charge in [-0.05, 0) is 18.2 Å². The van der Waals surface area contributed by atoms with Crippen LogP contribution in [0.3, 0.4) is 0 Å². The van der Waals surface area contributed by atoms with E-state index in [1.54, 1.807) is 12.4 Å². The van der Waals surface area contributed by atoms with Gasteiger partial charge in [-0.2, -0.15) is 0 Å². The smallest absolute Gasteiger partial charge is 0.252 e. The molecule has 0 bridgehead atoms. The zero-order chi connectivity index (χ0) is 14.5. The standard InChI is InChI=1S/C15H18N4O2/c20-15(17-4-5-19-6-8-21-9-7-19)13-10-12-2-1-3-16-14(12)18-11-13/h1-3,10-11H,4-9H2,(H,17,20). The van der Waals surface area contributed by atoms with E-state index in [9.17, 15) is 4.79 Å². The first-order valence-corrected chi connectivity index (χ1v) is 7.12. The Morgan fingerprint density at radius 3 is 3.05 bits per heavy atom. The second kappa shape index (κ2) is 6.60. The van der Waals surface area contributed by atoms with Crippen LogP contribution in [0.25, 0.3) is 11.0 Å². The number of morpholine rings is 1. The summed E-state index contributed by atoms with van der Waals surface area (Å²) in [6.45, 7) is 4.88. The van der Waals surface area contributed by atoms with Gasteiger partial charge in [-0.1, -0.05) is 0 Å². The van der Waals surface area contributed by atoms with Crippen LogP contribution >= 0.6 is 0 Å². The number of pyridine rings is 2. The van der Waals surface area contributed by atoms with Gasteiger partial charge in [0.1, 0.15) is 0 Å². The minimum Gasteiger partial charge on any atom is -0.379 e. The van der Waals surface area contributed by atoms with E-state index in [0.717, 1.165) is 38.2 Å². The monoisotopic (exact) mass is 286 g/mol. The highest BCUT2D eigenvalue weighted by Crippen LogP contribution is 2.10. The van der Waals surface area contributed by atoms with Crippen LogP contribution in [0.2, 0.25) is 0 Å². The average molecular weight is 286 g/mol. The molecule has 0 unspecified atom stereocenters. The lowest BCUT2D eigenvalue weighted by atomic mass is 10.2. The van der Waals surface area contributed by atoms with Gasteiger partial charge in [0.2, 0.25) is 0 Å². The fourth-order valence-electron chi connectivity index (χ4n) is 2.34. The lowest BCUT2D eigenvalue weighted by Gasteiger charge is -2.26. The number of hydrogen-bond donors (Lipinski definition) is 1. The summed E-state index contributed by atoms with van der Waals surface area (Å²) < 4.78 is 5.29. The Labute approximate surface area is 123 Å². The normalized spacial score (nSPS) is 16.0. The molecule has 0 aliphatic carbocycles. The topological polar surface area (TPSA) is 67.4 Å². The first-order chi connectivity index (χ1) is 10.3. The number of carbonyl (C=O) groups is 1. The molecule has 110 valence electrons. The molecule has 6 nitrogen and oxygen atoms in total. The van der Waals surface area contributed by atoms with E-state index < -0.39 is 0 Å². The zero-order valence-corrected chi connectivity index (χ0v) is 11.8. The van der Waals surface area contributed by atoms with E-state index >= 15 is 0 Å². The second-order valence-electron chi connectivity index (χ2n) is 4.98. The lowest BCUT2D eigenvalue weighted by Crippen LogP contribution is -2.41. The predicted octanol–water partition coefficient (Wildman–Crippen LogP) is 0.692. The molecule has 1 aliphatic heterocycles. The number of ether oxygens (including phenoxy) is 1. The highest BCUT2D eigenvalue weighted by atomic mass is 16.5. The van der Waals surface area contributed by atoms with E-state index in [0.29, 0.717) is 17.8 Å². The van der Waals surface area contributed by atoms with Crippen LogP contribution in [0.5, 0.6) is 0 Å². The van der Waals surface area contributed by atoms with Gasteiger partial charge in [0.25, 0.3) is 5.91 Å². The molecule has 1 aliphatic rings. The van der Waals surface area contributed by atoms with Crippen LogP contribution in [-0.4, -0.2) is 60.2 Å². The van der Waals surface area contributed by atoms with Gasteiger partial charge < -0.3 is 10.1 Å². The molecule has 3 heterocycles. The number of hydrogen-bond acceptors (Lipinski definition) is 5. The number of carbonyl (C=O) groups excluding carboxylic acids is 1. The van der Waals surface area contributed by atoms with Crippen molar-refractivity contribution in [2.45, 2.75) is 0 Å². The first-order valence-electron chi connectivity index (χ1n) is 7.12. The van der Waals surface area contributed by atoms with Crippen LogP contribution in [0.15, 0.2) is 30.6 Å². The summed E-state index contributed by atoms with van der Waals surface area (Å²) in [5.41, 5.74) is 1.22. The number of nitrogens with one attached hydrogen (secondary N) is 1. The Morgan fingerprint density at radius 1 is 1.33 bits per heavy atom. The van der Waals surface area contributed by atoms with Crippen LogP contribution < -0.4 is 5.32 Å². The first kappa shape index (κ1) is 13.9. The molecular formula is C15H18N4O2. The van der Waals surface area contributed by atoms with E-state index in [1.807, 2.05) is 18.2 Å². The number of amides is 1. The summed E-state index contributed by atoms with van der Waals surface area (Å²) in [6.07, 6.45) is 3.26. The highest BCUT2D eigenvalue weighted by Gasteiger charge is 2.11. The van der Waals surface area contributed by atoms with Gasteiger partial charge in [0.05, 0.1) is 18.8 Å². The van der Waals surface area contributed by atoms with E-state index in [-0.39, 0.29) is 5.91 Å². The summed E-state index contributed by atoms with van der Waals surface area (Å²) in [7, 11) is 0. The SMILES string of the molecule is O=C(NCCN1CCOCC1)c1cnc2ncccc2c1. The van der Waals surface area contributed by atoms with Gasteiger partial charge in [0.15, 0.2) is 5.65 Å². The van der Waals surface area contributed by atoms with Crippen molar-refractivity contribution in [2.24, 2.45) is 0 Å². The third kappa shape index (κ3) is 3.53. The maximum atomic E-state index is 12.1. The Morgan fingerprint density at radius 2 is 2.19 bits per heavy atom. The molecule has 1 amide bonds. The van der Waals surface area contributed by atoms with Gasteiger partial charge in [-0.15, -0.1) is 0 Å². The molecular weight excluding hydrogens is 268 g/mol. The molecule has 2 aromatic heterocycles. The van der Waals surface area contributed by atoms with Crippen molar-refractivity contribution in [1.29, 1.82) is 0 Å².